The molecule has 0 aliphatic carbocycles. The van der Waals surface area contributed by atoms with E-state index in [-0.39, 0.29) is 18.4 Å². The SMILES string of the molecule is Nc1ncc(-c2nc(N3CCOCC3)c3ncn(C(=O)CN4CCOCC4)c3n2)cn1. The van der Waals surface area contributed by atoms with Crippen molar-refractivity contribution in [3.63, 3.8) is 0 Å². The number of hydrogen-bond donors (Lipinski definition) is 1. The van der Waals surface area contributed by atoms with Crippen LogP contribution in [0.3, 0.4) is 0 Å². The Balaban J connectivity index is 1.56. The van der Waals surface area contributed by atoms with Crippen molar-refractivity contribution in [1.29, 1.82) is 0 Å². The van der Waals surface area contributed by atoms with E-state index in [9.17, 15) is 4.79 Å². The second kappa shape index (κ2) is 8.49. The average molecular weight is 425 g/mol. The lowest BCUT2D eigenvalue weighted by molar-refractivity contribution is 0.0350. The summed E-state index contributed by atoms with van der Waals surface area (Å²) in [6.07, 6.45) is 4.67. The predicted octanol–water partition coefficient (Wildman–Crippen LogP) is -0.325. The zero-order valence-electron chi connectivity index (χ0n) is 17.0. The number of nitrogens with two attached hydrogens (primary N) is 1. The standard InChI is InChI=1S/C19H23N9O3/c20-19-21-9-13(10-22-19)16-24-17(27-3-7-31-8-4-27)15-18(25-16)28(12-23-15)14(29)11-26-1-5-30-6-2-26/h9-10,12H,1-8,11H2,(H2,20,21,22). The van der Waals surface area contributed by atoms with Crippen molar-refractivity contribution in [2.45, 2.75) is 0 Å². The first-order chi connectivity index (χ1) is 15.2. The van der Waals surface area contributed by atoms with Gasteiger partial charge < -0.3 is 20.1 Å². The molecule has 12 nitrogen and oxygen atoms in total. The number of rotatable bonds is 4. The first-order valence-electron chi connectivity index (χ1n) is 10.2. The molecule has 0 atom stereocenters. The van der Waals surface area contributed by atoms with Gasteiger partial charge in [-0.05, 0) is 0 Å². The summed E-state index contributed by atoms with van der Waals surface area (Å²) in [5.74, 6) is 1.15. The molecule has 12 heteroatoms. The van der Waals surface area contributed by atoms with Gasteiger partial charge in [-0.25, -0.2) is 24.9 Å². The Bertz CT molecular complexity index is 1070. The van der Waals surface area contributed by atoms with Gasteiger partial charge in [-0.2, -0.15) is 0 Å². The van der Waals surface area contributed by atoms with E-state index in [1.807, 2.05) is 0 Å². The molecule has 2 fully saturated rings. The number of carbonyl (C=O) groups excluding carboxylic acids is 1. The molecule has 5 heterocycles. The van der Waals surface area contributed by atoms with Gasteiger partial charge in [0.2, 0.25) is 11.9 Å². The molecule has 0 saturated carbocycles. The van der Waals surface area contributed by atoms with Crippen molar-refractivity contribution in [2.75, 3.05) is 69.8 Å². The molecule has 3 aromatic heterocycles. The summed E-state index contributed by atoms with van der Waals surface area (Å²) in [5.41, 5.74) is 7.27. The Morgan fingerprint density at radius 2 is 1.65 bits per heavy atom. The summed E-state index contributed by atoms with van der Waals surface area (Å²) >= 11 is 0. The van der Waals surface area contributed by atoms with Crippen LogP contribution in [-0.4, -0.2) is 99.4 Å². The summed E-state index contributed by atoms with van der Waals surface area (Å²) < 4.78 is 12.3. The highest BCUT2D eigenvalue weighted by molar-refractivity contribution is 5.94. The monoisotopic (exact) mass is 425 g/mol. The lowest BCUT2D eigenvalue weighted by atomic mass is 10.3. The van der Waals surface area contributed by atoms with E-state index in [1.165, 1.54) is 10.9 Å². The molecule has 2 saturated heterocycles. The van der Waals surface area contributed by atoms with Gasteiger partial charge in [0, 0.05) is 38.6 Å². The third kappa shape index (κ3) is 4.04. The number of anilines is 2. The molecule has 0 aromatic carbocycles. The van der Waals surface area contributed by atoms with E-state index in [4.69, 9.17) is 20.2 Å². The number of imidazole rings is 1. The number of carbonyl (C=O) groups is 1. The van der Waals surface area contributed by atoms with E-state index >= 15 is 0 Å². The van der Waals surface area contributed by atoms with Crippen molar-refractivity contribution < 1.29 is 14.3 Å². The van der Waals surface area contributed by atoms with Gasteiger partial charge in [-0.15, -0.1) is 0 Å². The van der Waals surface area contributed by atoms with E-state index in [0.717, 1.165) is 13.1 Å². The maximum atomic E-state index is 13.1. The van der Waals surface area contributed by atoms with Crippen LogP contribution in [0.15, 0.2) is 18.7 Å². The van der Waals surface area contributed by atoms with E-state index in [1.54, 1.807) is 12.4 Å². The van der Waals surface area contributed by atoms with Crippen LogP contribution in [0.2, 0.25) is 0 Å². The van der Waals surface area contributed by atoms with Crippen molar-refractivity contribution in [3.05, 3.63) is 18.7 Å². The van der Waals surface area contributed by atoms with Crippen LogP contribution in [0, 0.1) is 0 Å². The Hall–Kier alpha value is -3.22. The molecule has 0 amide bonds. The summed E-state index contributed by atoms with van der Waals surface area (Å²) in [6.45, 7) is 5.53. The molecule has 2 N–H and O–H groups in total. The molecule has 2 aliphatic rings. The minimum absolute atomic E-state index is 0.101. The number of nitrogen functional groups attached to an aromatic ring is 1. The predicted molar refractivity (Wildman–Crippen MR) is 112 cm³/mol. The highest BCUT2D eigenvalue weighted by atomic mass is 16.5. The van der Waals surface area contributed by atoms with Gasteiger partial charge in [-0.1, -0.05) is 0 Å². The van der Waals surface area contributed by atoms with Crippen LogP contribution < -0.4 is 10.6 Å². The second-order valence-corrected chi connectivity index (χ2v) is 7.37. The van der Waals surface area contributed by atoms with Gasteiger partial charge >= 0.3 is 0 Å². The topological polar surface area (TPSA) is 137 Å². The minimum atomic E-state index is -0.101. The summed E-state index contributed by atoms with van der Waals surface area (Å²) in [7, 11) is 0. The van der Waals surface area contributed by atoms with Gasteiger partial charge in [0.25, 0.3) is 0 Å². The van der Waals surface area contributed by atoms with Gasteiger partial charge in [-0.3, -0.25) is 14.3 Å². The van der Waals surface area contributed by atoms with Crippen LogP contribution in [-0.2, 0) is 9.47 Å². The van der Waals surface area contributed by atoms with Crippen molar-refractivity contribution in [3.8, 4) is 11.4 Å². The fourth-order valence-electron chi connectivity index (χ4n) is 3.67. The Labute approximate surface area is 178 Å². The zero-order valence-corrected chi connectivity index (χ0v) is 17.0. The Kier molecular flexibility index (Phi) is 5.40. The van der Waals surface area contributed by atoms with Gasteiger partial charge in [0.15, 0.2) is 22.8 Å². The van der Waals surface area contributed by atoms with E-state index < -0.39 is 0 Å². The molecule has 0 spiro atoms. The third-order valence-electron chi connectivity index (χ3n) is 5.35. The van der Waals surface area contributed by atoms with Crippen LogP contribution in [0.5, 0.6) is 0 Å². The number of morpholine rings is 2. The van der Waals surface area contributed by atoms with E-state index in [2.05, 4.69) is 29.7 Å². The molecule has 0 radical (unpaired) electrons. The fraction of sp³-hybridized carbons (Fsp3) is 0.474. The fourth-order valence-corrected chi connectivity index (χ4v) is 3.67. The molecular weight excluding hydrogens is 402 g/mol. The minimum Gasteiger partial charge on any atom is -0.379 e. The van der Waals surface area contributed by atoms with E-state index in [0.29, 0.717) is 67.9 Å². The molecule has 3 aromatic rings. The van der Waals surface area contributed by atoms with Crippen molar-refractivity contribution >= 4 is 28.8 Å². The molecule has 5 rings (SSSR count). The maximum Gasteiger partial charge on any atom is 0.247 e. The van der Waals surface area contributed by atoms with Gasteiger partial charge in [0.1, 0.15) is 6.33 Å². The Morgan fingerprint density at radius 3 is 2.35 bits per heavy atom. The molecule has 2 aliphatic heterocycles. The quantitative estimate of drug-likeness (QED) is 0.588. The number of aromatic nitrogens is 6. The van der Waals surface area contributed by atoms with Crippen molar-refractivity contribution in [1.82, 2.24) is 34.4 Å². The van der Waals surface area contributed by atoms with Crippen LogP contribution >= 0.6 is 0 Å². The normalized spacial score (nSPS) is 17.9. The first-order valence-corrected chi connectivity index (χ1v) is 10.2. The third-order valence-corrected chi connectivity index (χ3v) is 5.35. The smallest absolute Gasteiger partial charge is 0.247 e. The van der Waals surface area contributed by atoms with Crippen LogP contribution in [0.1, 0.15) is 4.79 Å². The lowest BCUT2D eigenvalue weighted by Crippen LogP contribution is -2.40. The molecule has 0 bridgehead atoms. The lowest BCUT2D eigenvalue weighted by Gasteiger charge is -2.28. The van der Waals surface area contributed by atoms with Gasteiger partial charge in [0.05, 0.1) is 38.5 Å². The summed E-state index contributed by atoms with van der Waals surface area (Å²) in [6, 6.07) is 0. The summed E-state index contributed by atoms with van der Waals surface area (Å²) in [4.78, 5) is 39.2. The number of fused-ring (bicyclic) bond motifs is 1. The highest BCUT2D eigenvalue weighted by Crippen LogP contribution is 2.27. The first kappa shape index (κ1) is 19.7. The molecule has 31 heavy (non-hydrogen) atoms. The van der Waals surface area contributed by atoms with Crippen LogP contribution in [0.25, 0.3) is 22.6 Å². The Morgan fingerprint density at radius 1 is 0.968 bits per heavy atom. The highest BCUT2D eigenvalue weighted by Gasteiger charge is 2.24. The number of ether oxygens (including phenoxy) is 2. The number of hydrogen-bond acceptors (Lipinski definition) is 11. The largest absolute Gasteiger partial charge is 0.379 e. The van der Waals surface area contributed by atoms with Crippen molar-refractivity contribution in [2.24, 2.45) is 0 Å². The summed E-state index contributed by atoms with van der Waals surface area (Å²) in [5, 5.41) is 0. The molecule has 162 valence electrons. The second-order valence-electron chi connectivity index (χ2n) is 7.37. The molecular formula is C19H23N9O3. The maximum absolute atomic E-state index is 13.1. The number of nitrogens with zero attached hydrogens (tertiary/aromatic N) is 8. The molecule has 0 unspecified atom stereocenters. The average Bonchev–Trinajstić information content (AvgIpc) is 3.24. The zero-order chi connectivity index (χ0) is 21.2. The van der Waals surface area contributed by atoms with Crippen LogP contribution in [0.4, 0.5) is 11.8 Å².